The molecule has 0 amide bonds. The first kappa shape index (κ1) is 21.1. The van der Waals surface area contributed by atoms with E-state index < -0.39 is 0 Å². The monoisotopic (exact) mass is 514 g/mol. The highest BCUT2D eigenvalue weighted by Crippen LogP contribution is 2.31. The summed E-state index contributed by atoms with van der Waals surface area (Å²) in [7, 11) is 1.67. The van der Waals surface area contributed by atoms with Gasteiger partial charge < -0.3 is 9.72 Å². The van der Waals surface area contributed by atoms with Crippen LogP contribution in [0.1, 0.15) is 34.6 Å². The lowest BCUT2D eigenvalue weighted by Gasteiger charge is -2.20. The number of hydrogen-bond acceptors (Lipinski definition) is 4. The van der Waals surface area contributed by atoms with Crippen molar-refractivity contribution < 1.29 is 9.53 Å². The summed E-state index contributed by atoms with van der Waals surface area (Å²) in [5.41, 5.74) is 5.90. The highest BCUT2D eigenvalue weighted by atomic mass is 79.9. The molecule has 0 fully saturated rings. The van der Waals surface area contributed by atoms with E-state index in [0.29, 0.717) is 18.0 Å². The molecule has 1 aliphatic rings. The van der Waals surface area contributed by atoms with Gasteiger partial charge in [0.15, 0.2) is 5.78 Å². The zero-order chi connectivity index (χ0) is 23.2. The van der Waals surface area contributed by atoms with Crippen molar-refractivity contribution in [2.45, 2.75) is 25.7 Å². The summed E-state index contributed by atoms with van der Waals surface area (Å²) < 4.78 is 8.37. The maximum absolute atomic E-state index is 13.0. The smallest absolute Gasteiger partial charge is 0.179 e. The maximum Gasteiger partial charge on any atom is 0.179 e. The van der Waals surface area contributed by atoms with Crippen molar-refractivity contribution in [1.29, 1.82) is 0 Å². The van der Waals surface area contributed by atoms with Crippen LogP contribution >= 0.6 is 15.9 Å². The average molecular weight is 515 g/mol. The topological polar surface area (TPSA) is 72.8 Å². The molecule has 6 rings (SSSR count). The Balaban J connectivity index is 1.24. The Kier molecular flexibility index (Phi) is 5.21. The first-order chi connectivity index (χ1) is 16.6. The minimum Gasteiger partial charge on any atom is -0.497 e. The lowest BCUT2D eigenvalue weighted by molar-refractivity contribution is 0.0953. The minimum absolute atomic E-state index is 0.167. The Morgan fingerprint density at radius 1 is 1.21 bits per heavy atom. The number of aromatic amines is 1. The SMILES string of the molecule is COc1ccc2nccc(-n3cc4c(n3)CCC(CC(=O)c3cc5cc(Br)ccc5[nH]3)C4)c2c1. The van der Waals surface area contributed by atoms with Crippen LogP contribution in [0, 0.1) is 5.92 Å². The molecular weight excluding hydrogens is 492 g/mol. The Hall–Kier alpha value is -3.45. The van der Waals surface area contributed by atoms with Gasteiger partial charge in [-0.3, -0.25) is 9.78 Å². The molecule has 170 valence electrons. The van der Waals surface area contributed by atoms with Gasteiger partial charge in [-0.15, -0.1) is 0 Å². The van der Waals surface area contributed by atoms with Gasteiger partial charge in [-0.1, -0.05) is 15.9 Å². The molecule has 0 aliphatic heterocycles. The van der Waals surface area contributed by atoms with Crippen LogP contribution in [0.3, 0.4) is 0 Å². The molecule has 0 bridgehead atoms. The number of hydrogen-bond donors (Lipinski definition) is 1. The van der Waals surface area contributed by atoms with Gasteiger partial charge in [-0.05, 0) is 79.3 Å². The van der Waals surface area contributed by atoms with E-state index in [0.717, 1.165) is 62.7 Å². The largest absolute Gasteiger partial charge is 0.497 e. The van der Waals surface area contributed by atoms with Crippen LogP contribution in [0.2, 0.25) is 0 Å². The number of ether oxygens (including phenoxy) is 1. The number of halogens is 1. The average Bonchev–Trinajstić information content (AvgIpc) is 3.47. The number of H-pyrrole nitrogens is 1. The Morgan fingerprint density at radius 3 is 3.00 bits per heavy atom. The second kappa shape index (κ2) is 8.40. The molecule has 1 aliphatic carbocycles. The quantitative estimate of drug-likeness (QED) is 0.289. The van der Waals surface area contributed by atoms with Crippen LogP contribution in [0.4, 0.5) is 0 Å². The normalized spacial score (nSPS) is 15.5. The number of aromatic nitrogens is 4. The van der Waals surface area contributed by atoms with Crippen LogP contribution in [-0.2, 0) is 12.8 Å². The number of aryl methyl sites for hydroxylation is 1. The number of fused-ring (bicyclic) bond motifs is 3. The van der Waals surface area contributed by atoms with Gasteiger partial charge in [-0.2, -0.15) is 5.10 Å². The summed E-state index contributed by atoms with van der Waals surface area (Å²) >= 11 is 3.50. The van der Waals surface area contributed by atoms with E-state index in [1.165, 1.54) is 5.56 Å². The number of nitrogens with one attached hydrogen (secondary N) is 1. The van der Waals surface area contributed by atoms with Crippen molar-refractivity contribution in [2.75, 3.05) is 7.11 Å². The van der Waals surface area contributed by atoms with E-state index in [2.05, 4.69) is 32.1 Å². The second-order valence-electron chi connectivity index (χ2n) is 8.91. The number of nitrogens with zero attached hydrogens (tertiary/aromatic N) is 3. The standard InChI is InChI=1S/C27H23BrN4O2/c1-34-20-4-7-24-21(14-20)26(8-9-29-24)32-15-18-10-16(2-5-23(18)31-32)11-27(33)25-13-17-12-19(28)3-6-22(17)30-25/h3-4,6-9,12-16,30H,2,5,10-11H2,1H3. The first-order valence-corrected chi connectivity index (χ1v) is 12.2. The molecule has 7 heteroatoms. The molecule has 34 heavy (non-hydrogen) atoms. The summed E-state index contributed by atoms with van der Waals surface area (Å²) in [6, 6.07) is 15.8. The number of ketones is 1. The number of Topliss-reactive ketones (excluding diaryl/α,β-unsaturated/α-hetero) is 1. The Labute approximate surface area is 205 Å². The lowest BCUT2D eigenvalue weighted by atomic mass is 9.84. The summed E-state index contributed by atoms with van der Waals surface area (Å²) in [4.78, 5) is 20.8. The van der Waals surface area contributed by atoms with Gasteiger partial charge in [0.1, 0.15) is 5.75 Å². The van der Waals surface area contributed by atoms with Gasteiger partial charge in [-0.25, -0.2) is 4.68 Å². The molecule has 0 saturated carbocycles. The molecule has 0 saturated heterocycles. The fourth-order valence-corrected chi connectivity index (χ4v) is 5.32. The van der Waals surface area contributed by atoms with E-state index in [4.69, 9.17) is 9.84 Å². The van der Waals surface area contributed by atoms with Crippen LogP contribution in [-0.4, -0.2) is 32.6 Å². The number of methoxy groups -OCH3 is 1. The summed E-state index contributed by atoms with van der Waals surface area (Å²) in [5, 5.41) is 6.93. The molecule has 3 aromatic heterocycles. The van der Waals surface area contributed by atoms with Crippen molar-refractivity contribution in [3.05, 3.63) is 82.3 Å². The summed E-state index contributed by atoms with van der Waals surface area (Å²) in [6.45, 7) is 0. The molecule has 5 aromatic rings. The van der Waals surface area contributed by atoms with E-state index in [1.54, 1.807) is 7.11 Å². The van der Waals surface area contributed by atoms with Gasteiger partial charge in [0, 0.05) is 39.6 Å². The van der Waals surface area contributed by atoms with Gasteiger partial charge in [0.2, 0.25) is 0 Å². The van der Waals surface area contributed by atoms with Crippen LogP contribution in [0.5, 0.6) is 5.75 Å². The number of benzene rings is 2. The van der Waals surface area contributed by atoms with Gasteiger partial charge in [0.25, 0.3) is 0 Å². The van der Waals surface area contributed by atoms with Crippen LogP contribution in [0.15, 0.2) is 65.4 Å². The Morgan fingerprint density at radius 2 is 2.12 bits per heavy atom. The van der Waals surface area contributed by atoms with Gasteiger partial charge >= 0.3 is 0 Å². The highest BCUT2D eigenvalue weighted by Gasteiger charge is 2.25. The number of carbonyl (C=O) groups excluding carboxylic acids is 1. The first-order valence-electron chi connectivity index (χ1n) is 11.4. The predicted molar refractivity (Wildman–Crippen MR) is 136 cm³/mol. The summed E-state index contributed by atoms with van der Waals surface area (Å²) in [6.07, 6.45) is 7.16. The van der Waals surface area contributed by atoms with Crippen molar-refractivity contribution in [3.8, 4) is 11.4 Å². The predicted octanol–water partition coefficient (Wildman–Crippen LogP) is 6.05. The molecular formula is C27H23BrN4O2. The molecule has 1 unspecified atom stereocenters. The summed E-state index contributed by atoms with van der Waals surface area (Å²) in [5.74, 6) is 1.27. The van der Waals surface area contributed by atoms with E-state index >= 15 is 0 Å². The van der Waals surface area contributed by atoms with E-state index in [9.17, 15) is 4.79 Å². The molecule has 0 radical (unpaired) electrons. The Bertz CT molecular complexity index is 1550. The second-order valence-corrected chi connectivity index (χ2v) is 9.83. The van der Waals surface area contributed by atoms with Crippen LogP contribution in [0.25, 0.3) is 27.5 Å². The minimum atomic E-state index is 0.167. The van der Waals surface area contributed by atoms with Gasteiger partial charge in [0.05, 0.1) is 29.7 Å². The van der Waals surface area contributed by atoms with Crippen molar-refractivity contribution in [3.63, 3.8) is 0 Å². The van der Waals surface area contributed by atoms with Crippen molar-refractivity contribution in [2.24, 2.45) is 5.92 Å². The fourth-order valence-electron chi connectivity index (χ4n) is 4.94. The number of rotatable bonds is 5. The maximum atomic E-state index is 13.0. The van der Waals surface area contributed by atoms with Crippen LogP contribution < -0.4 is 4.74 Å². The number of pyridine rings is 1. The molecule has 1 N–H and O–H groups in total. The zero-order valence-corrected chi connectivity index (χ0v) is 20.3. The van der Waals surface area contributed by atoms with Crippen molar-refractivity contribution >= 4 is 43.5 Å². The fraction of sp³-hybridized carbons (Fsp3) is 0.222. The van der Waals surface area contributed by atoms with Crippen molar-refractivity contribution in [1.82, 2.24) is 19.7 Å². The molecule has 3 heterocycles. The van der Waals surface area contributed by atoms with E-state index in [-0.39, 0.29) is 5.78 Å². The van der Waals surface area contributed by atoms with E-state index in [1.807, 2.05) is 59.4 Å². The molecule has 1 atom stereocenters. The number of carbonyl (C=O) groups is 1. The molecule has 6 nitrogen and oxygen atoms in total. The highest BCUT2D eigenvalue weighted by molar-refractivity contribution is 9.10. The third kappa shape index (κ3) is 3.80. The zero-order valence-electron chi connectivity index (χ0n) is 18.7. The molecule has 2 aromatic carbocycles. The third-order valence-electron chi connectivity index (χ3n) is 6.71. The molecule has 0 spiro atoms. The third-order valence-corrected chi connectivity index (χ3v) is 7.20. The lowest BCUT2D eigenvalue weighted by Crippen LogP contribution is -2.17.